The van der Waals surface area contributed by atoms with Crippen molar-refractivity contribution in [1.82, 2.24) is 4.90 Å². The zero-order chi connectivity index (χ0) is 11.5. The van der Waals surface area contributed by atoms with Gasteiger partial charge in [0.05, 0.1) is 6.54 Å². The van der Waals surface area contributed by atoms with Crippen LogP contribution in [-0.4, -0.2) is 35.1 Å². The molecule has 0 aromatic rings. The molecule has 1 atom stereocenters. The molecule has 0 aliphatic heterocycles. The predicted octanol–water partition coefficient (Wildman–Crippen LogP) is 2.36. The Hall–Kier alpha value is -0.570. The van der Waals surface area contributed by atoms with Crippen molar-refractivity contribution in [2.75, 3.05) is 13.1 Å². The van der Waals surface area contributed by atoms with Gasteiger partial charge in [-0.2, -0.15) is 0 Å². The lowest BCUT2D eigenvalue weighted by molar-refractivity contribution is -0.139. The smallest absolute Gasteiger partial charge is 0.317 e. The molecule has 0 aromatic carbocycles. The lowest BCUT2D eigenvalue weighted by Gasteiger charge is -2.28. The first-order chi connectivity index (χ1) is 6.94. The Balaban J connectivity index is 2.53. The van der Waals surface area contributed by atoms with E-state index in [2.05, 4.69) is 25.7 Å². The van der Waals surface area contributed by atoms with E-state index in [0.717, 1.165) is 25.8 Å². The number of carboxylic acid groups (broad SMARTS) is 1. The monoisotopic (exact) mass is 213 g/mol. The molecule has 1 rings (SSSR count). The summed E-state index contributed by atoms with van der Waals surface area (Å²) in [6.07, 6.45) is 4.54. The van der Waals surface area contributed by atoms with Gasteiger partial charge in [0.2, 0.25) is 0 Å². The third kappa shape index (κ3) is 3.82. The SMILES string of the molecule is CCCN(CC(=O)O)C1CCC(C)(C)C1. The van der Waals surface area contributed by atoms with Crippen molar-refractivity contribution in [2.24, 2.45) is 5.41 Å². The van der Waals surface area contributed by atoms with Crippen LogP contribution in [-0.2, 0) is 4.79 Å². The molecular weight excluding hydrogens is 190 g/mol. The lowest BCUT2D eigenvalue weighted by Crippen LogP contribution is -2.38. The van der Waals surface area contributed by atoms with Crippen LogP contribution in [0.2, 0.25) is 0 Å². The van der Waals surface area contributed by atoms with Crippen molar-refractivity contribution in [2.45, 2.75) is 52.5 Å². The van der Waals surface area contributed by atoms with Crippen molar-refractivity contribution in [3.8, 4) is 0 Å². The molecule has 1 aliphatic carbocycles. The Labute approximate surface area is 92.5 Å². The minimum absolute atomic E-state index is 0.203. The number of hydrogen-bond donors (Lipinski definition) is 1. The Morgan fingerprint density at radius 2 is 2.20 bits per heavy atom. The molecule has 0 saturated heterocycles. The van der Waals surface area contributed by atoms with E-state index >= 15 is 0 Å². The van der Waals surface area contributed by atoms with Crippen molar-refractivity contribution >= 4 is 5.97 Å². The van der Waals surface area contributed by atoms with E-state index in [1.54, 1.807) is 0 Å². The van der Waals surface area contributed by atoms with E-state index in [4.69, 9.17) is 5.11 Å². The Morgan fingerprint density at radius 3 is 2.60 bits per heavy atom. The van der Waals surface area contributed by atoms with E-state index in [1.165, 1.54) is 6.42 Å². The highest BCUT2D eigenvalue weighted by atomic mass is 16.4. The van der Waals surface area contributed by atoms with Crippen LogP contribution >= 0.6 is 0 Å². The normalized spacial score (nSPS) is 24.7. The van der Waals surface area contributed by atoms with Gasteiger partial charge in [-0.3, -0.25) is 9.69 Å². The quantitative estimate of drug-likeness (QED) is 0.762. The summed E-state index contributed by atoms with van der Waals surface area (Å²) >= 11 is 0. The van der Waals surface area contributed by atoms with Gasteiger partial charge in [-0.15, -0.1) is 0 Å². The molecule has 0 radical (unpaired) electrons. The molecule has 1 unspecified atom stereocenters. The second-order valence-corrected chi connectivity index (χ2v) is 5.43. The first-order valence-electron chi connectivity index (χ1n) is 5.90. The standard InChI is InChI=1S/C12H23NO2/c1-4-7-13(9-11(14)15)10-5-6-12(2,3)8-10/h10H,4-9H2,1-3H3,(H,14,15). The molecule has 0 heterocycles. The average Bonchev–Trinajstić information content (AvgIpc) is 2.44. The van der Waals surface area contributed by atoms with Gasteiger partial charge >= 0.3 is 5.97 Å². The molecule has 3 nitrogen and oxygen atoms in total. The van der Waals surface area contributed by atoms with Crippen LogP contribution < -0.4 is 0 Å². The summed E-state index contributed by atoms with van der Waals surface area (Å²) in [5, 5.41) is 8.86. The van der Waals surface area contributed by atoms with Crippen LogP contribution in [0, 0.1) is 5.41 Å². The van der Waals surface area contributed by atoms with E-state index in [9.17, 15) is 4.79 Å². The summed E-state index contributed by atoms with van der Waals surface area (Å²) in [4.78, 5) is 12.9. The molecule has 1 fully saturated rings. The van der Waals surface area contributed by atoms with E-state index in [0.29, 0.717) is 11.5 Å². The fraction of sp³-hybridized carbons (Fsp3) is 0.917. The van der Waals surface area contributed by atoms with E-state index < -0.39 is 5.97 Å². The molecule has 1 aliphatic rings. The van der Waals surface area contributed by atoms with Crippen LogP contribution in [0.15, 0.2) is 0 Å². The molecule has 88 valence electrons. The fourth-order valence-corrected chi connectivity index (χ4v) is 2.56. The number of carbonyl (C=O) groups is 1. The zero-order valence-electron chi connectivity index (χ0n) is 10.1. The summed E-state index contributed by atoms with van der Waals surface area (Å²) in [6, 6.07) is 0.482. The molecule has 0 spiro atoms. The number of carboxylic acids is 1. The third-order valence-corrected chi connectivity index (χ3v) is 3.31. The van der Waals surface area contributed by atoms with Gasteiger partial charge in [-0.1, -0.05) is 20.8 Å². The minimum Gasteiger partial charge on any atom is -0.480 e. The summed E-state index contributed by atoms with van der Waals surface area (Å²) in [5.41, 5.74) is 0.398. The fourth-order valence-electron chi connectivity index (χ4n) is 2.56. The van der Waals surface area contributed by atoms with Crippen molar-refractivity contribution < 1.29 is 9.90 Å². The number of nitrogens with zero attached hydrogens (tertiary/aromatic N) is 1. The van der Waals surface area contributed by atoms with Gasteiger partial charge < -0.3 is 5.11 Å². The van der Waals surface area contributed by atoms with Crippen molar-refractivity contribution in [1.29, 1.82) is 0 Å². The van der Waals surface area contributed by atoms with Crippen LogP contribution in [0.3, 0.4) is 0 Å². The third-order valence-electron chi connectivity index (χ3n) is 3.31. The summed E-state index contributed by atoms with van der Waals surface area (Å²) in [6.45, 7) is 7.77. The van der Waals surface area contributed by atoms with Crippen LogP contribution in [0.25, 0.3) is 0 Å². The molecular formula is C12H23NO2. The Morgan fingerprint density at radius 1 is 1.53 bits per heavy atom. The number of rotatable bonds is 5. The molecule has 0 aromatic heterocycles. The molecule has 0 bridgehead atoms. The van der Waals surface area contributed by atoms with Gasteiger partial charge in [0.15, 0.2) is 0 Å². The molecule has 1 saturated carbocycles. The molecule has 0 amide bonds. The highest BCUT2D eigenvalue weighted by Crippen LogP contribution is 2.39. The first kappa shape index (κ1) is 12.5. The van der Waals surface area contributed by atoms with Crippen molar-refractivity contribution in [3.63, 3.8) is 0 Å². The largest absolute Gasteiger partial charge is 0.480 e. The summed E-state index contributed by atoms with van der Waals surface area (Å²) in [5.74, 6) is -0.701. The highest BCUT2D eigenvalue weighted by Gasteiger charge is 2.34. The second-order valence-electron chi connectivity index (χ2n) is 5.43. The Kier molecular flexibility index (Phi) is 4.14. The van der Waals surface area contributed by atoms with Gasteiger partial charge in [0, 0.05) is 6.04 Å². The maximum Gasteiger partial charge on any atom is 0.317 e. The van der Waals surface area contributed by atoms with Gasteiger partial charge in [0.25, 0.3) is 0 Å². The van der Waals surface area contributed by atoms with Crippen molar-refractivity contribution in [3.05, 3.63) is 0 Å². The Bertz CT molecular complexity index is 226. The van der Waals surface area contributed by atoms with Crippen LogP contribution in [0.4, 0.5) is 0 Å². The number of hydrogen-bond acceptors (Lipinski definition) is 2. The lowest BCUT2D eigenvalue weighted by atomic mass is 9.91. The van der Waals surface area contributed by atoms with Crippen LogP contribution in [0.5, 0.6) is 0 Å². The zero-order valence-corrected chi connectivity index (χ0v) is 10.1. The van der Waals surface area contributed by atoms with E-state index in [-0.39, 0.29) is 6.54 Å². The summed E-state index contributed by atoms with van der Waals surface area (Å²) < 4.78 is 0. The highest BCUT2D eigenvalue weighted by molar-refractivity contribution is 5.69. The number of aliphatic carboxylic acids is 1. The first-order valence-corrected chi connectivity index (χ1v) is 5.90. The van der Waals surface area contributed by atoms with E-state index in [1.807, 2.05) is 0 Å². The predicted molar refractivity (Wildman–Crippen MR) is 60.9 cm³/mol. The molecule has 1 N–H and O–H groups in total. The molecule has 3 heteroatoms. The maximum absolute atomic E-state index is 10.8. The second kappa shape index (κ2) is 4.97. The van der Waals surface area contributed by atoms with Crippen LogP contribution in [0.1, 0.15) is 46.5 Å². The van der Waals surface area contributed by atoms with Gasteiger partial charge in [-0.05, 0) is 37.6 Å². The summed E-state index contributed by atoms with van der Waals surface area (Å²) in [7, 11) is 0. The topological polar surface area (TPSA) is 40.5 Å². The average molecular weight is 213 g/mol. The minimum atomic E-state index is -0.701. The maximum atomic E-state index is 10.8. The van der Waals surface area contributed by atoms with Gasteiger partial charge in [-0.25, -0.2) is 0 Å². The van der Waals surface area contributed by atoms with Gasteiger partial charge in [0.1, 0.15) is 0 Å². The molecule has 15 heavy (non-hydrogen) atoms.